The molecule has 0 aliphatic heterocycles. The molecule has 0 saturated heterocycles. The lowest BCUT2D eigenvalue weighted by Crippen LogP contribution is -1.95. The summed E-state index contributed by atoms with van der Waals surface area (Å²) in [7, 11) is 0. The van der Waals surface area contributed by atoms with Gasteiger partial charge in [0, 0.05) is 17.8 Å². The van der Waals surface area contributed by atoms with Crippen molar-refractivity contribution in [3.8, 4) is 0 Å². The highest BCUT2D eigenvalue weighted by Gasteiger charge is 2.01. The van der Waals surface area contributed by atoms with E-state index in [2.05, 4.69) is 48.4 Å². The number of para-hydroxylation sites is 1. The van der Waals surface area contributed by atoms with E-state index in [1.54, 1.807) is 0 Å². The molecule has 1 aromatic carbocycles. The Bertz CT molecular complexity index is 437. The summed E-state index contributed by atoms with van der Waals surface area (Å²) in [6.45, 7) is 6.78. The standard InChI is InChI=1S/C12H13N/c1-3-8-13-10(2)9-11-6-4-5-7-12(11)13/h3-7,9H,1,8H2,2H3. The van der Waals surface area contributed by atoms with Crippen LogP contribution in [-0.2, 0) is 6.54 Å². The van der Waals surface area contributed by atoms with Gasteiger partial charge in [-0.1, -0.05) is 24.3 Å². The number of hydrogen-bond acceptors (Lipinski definition) is 0. The predicted molar refractivity (Wildman–Crippen MR) is 56.9 cm³/mol. The van der Waals surface area contributed by atoms with Crippen molar-refractivity contribution in [3.63, 3.8) is 0 Å². The molecule has 1 heteroatoms. The number of aromatic nitrogens is 1. The van der Waals surface area contributed by atoms with Gasteiger partial charge in [0.05, 0.1) is 0 Å². The molecule has 0 aliphatic rings. The third-order valence-electron chi connectivity index (χ3n) is 2.33. The Balaban J connectivity index is 2.70. The first-order chi connectivity index (χ1) is 6.33. The molecule has 0 spiro atoms. The fourth-order valence-electron chi connectivity index (χ4n) is 1.72. The number of aryl methyl sites for hydroxylation is 1. The topological polar surface area (TPSA) is 4.93 Å². The van der Waals surface area contributed by atoms with E-state index in [9.17, 15) is 0 Å². The average molecular weight is 171 g/mol. The normalized spacial score (nSPS) is 10.5. The van der Waals surface area contributed by atoms with Crippen molar-refractivity contribution in [2.24, 2.45) is 0 Å². The number of nitrogens with zero attached hydrogens (tertiary/aromatic N) is 1. The Hall–Kier alpha value is -1.50. The first-order valence-corrected chi connectivity index (χ1v) is 4.48. The lowest BCUT2D eigenvalue weighted by molar-refractivity contribution is 0.829. The Kier molecular flexibility index (Phi) is 1.93. The first-order valence-electron chi connectivity index (χ1n) is 4.48. The monoisotopic (exact) mass is 171 g/mol. The maximum Gasteiger partial charge on any atom is 0.0485 e. The van der Waals surface area contributed by atoms with Crippen molar-refractivity contribution in [1.82, 2.24) is 4.57 Å². The smallest absolute Gasteiger partial charge is 0.0485 e. The Morgan fingerprint density at radius 3 is 2.92 bits per heavy atom. The van der Waals surface area contributed by atoms with E-state index in [1.165, 1.54) is 16.6 Å². The molecule has 1 aromatic heterocycles. The molecule has 0 N–H and O–H groups in total. The number of hydrogen-bond donors (Lipinski definition) is 0. The summed E-state index contributed by atoms with van der Waals surface area (Å²) in [5, 5.41) is 1.31. The van der Waals surface area contributed by atoms with Crippen LogP contribution in [0.3, 0.4) is 0 Å². The van der Waals surface area contributed by atoms with Gasteiger partial charge in [0.2, 0.25) is 0 Å². The molecule has 0 atom stereocenters. The molecule has 1 heterocycles. The van der Waals surface area contributed by atoms with Gasteiger partial charge in [-0.3, -0.25) is 0 Å². The molecule has 2 aromatic rings. The van der Waals surface area contributed by atoms with Gasteiger partial charge in [0.25, 0.3) is 0 Å². The average Bonchev–Trinajstić information content (AvgIpc) is 2.44. The van der Waals surface area contributed by atoms with E-state index in [0.29, 0.717) is 0 Å². The number of fused-ring (bicyclic) bond motifs is 1. The van der Waals surface area contributed by atoms with Gasteiger partial charge >= 0.3 is 0 Å². The fourth-order valence-corrected chi connectivity index (χ4v) is 1.72. The first kappa shape index (κ1) is 8.11. The maximum absolute atomic E-state index is 3.76. The quantitative estimate of drug-likeness (QED) is 0.612. The third-order valence-corrected chi connectivity index (χ3v) is 2.33. The molecule has 0 fully saturated rings. The Morgan fingerprint density at radius 1 is 1.38 bits per heavy atom. The number of rotatable bonds is 2. The summed E-state index contributed by atoms with van der Waals surface area (Å²) in [6, 6.07) is 10.6. The van der Waals surface area contributed by atoms with Gasteiger partial charge in [-0.2, -0.15) is 0 Å². The highest BCUT2D eigenvalue weighted by atomic mass is 15.0. The summed E-state index contributed by atoms with van der Waals surface area (Å²) in [5.74, 6) is 0. The SMILES string of the molecule is C=CCn1c(C)cc2ccccc21. The lowest BCUT2D eigenvalue weighted by Gasteiger charge is -2.03. The van der Waals surface area contributed by atoms with Crippen LogP contribution in [0.4, 0.5) is 0 Å². The maximum atomic E-state index is 3.76. The molecule has 0 unspecified atom stereocenters. The fraction of sp³-hybridized carbons (Fsp3) is 0.167. The molecular formula is C12H13N. The van der Waals surface area contributed by atoms with Gasteiger partial charge in [-0.25, -0.2) is 0 Å². The Labute approximate surface area is 78.3 Å². The lowest BCUT2D eigenvalue weighted by atomic mass is 10.2. The van der Waals surface area contributed by atoms with Crippen LogP contribution >= 0.6 is 0 Å². The van der Waals surface area contributed by atoms with Crippen molar-refractivity contribution in [3.05, 3.63) is 48.7 Å². The minimum atomic E-state index is 0.888. The summed E-state index contributed by atoms with van der Waals surface area (Å²) in [6.07, 6.45) is 1.93. The molecule has 13 heavy (non-hydrogen) atoms. The van der Waals surface area contributed by atoms with E-state index in [0.717, 1.165) is 6.54 Å². The largest absolute Gasteiger partial charge is 0.341 e. The van der Waals surface area contributed by atoms with Crippen molar-refractivity contribution in [1.29, 1.82) is 0 Å². The highest BCUT2D eigenvalue weighted by Crippen LogP contribution is 2.18. The molecule has 66 valence electrons. The van der Waals surface area contributed by atoms with Crippen LogP contribution in [0.2, 0.25) is 0 Å². The minimum absolute atomic E-state index is 0.888. The van der Waals surface area contributed by atoms with Gasteiger partial charge < -0.3 is 4.57 Å². The molecule has 1 nitrogen and oxygen atoms in total. The van der Waals surface area contributed by atoms with Crippen LogP contribution in [0.5, 0.6) is 0 Å². The van der Waals surface area contributed by atoms with Gasteiger partial charge in [0.15, 0.2) is 0 Å². The second kappa shape index (κ2) is 3.09. The molecule has 0 radical (unpaired) electrons. The van der Waals surface area contributed by atoms with Crippen LogP contribution in [0, 0.1) is 6.92 Å². The molecule has 0 saturated carbocycles. The van der Waals surface area contributed by atoms with Crippen molar-refractivity contribution in [2.75, 3.05) is 0 Å². The second-order valence-corrected chi connectivity index (χ2v) is 3.24. The molecule has 0 bridgehead atoms. The van der Waals surface area contributed by atoms with Crippen LogP contribution in [-0.4, -0.2) is 4.57 Å². The van der Waals surface area contributed by atoms with Crippen LogP contribution in [0.25, 0.3) is 10.9 Å². The van der Waals surface area contributed by atoms with Gasteiger partial charge in [-0.05, 0) is 24.4 Å². The molecule has 0 aliphatic carbocycles. The van der Waals surface area contributed by atoms with Crippen molar-refractivity contribution >= 4 is 10.9 Å². The van der Waals surface area contributed by atoms with E-state index in [-0.39, 0.29) is 0 Å². The second-order valence-electron chi connectivity index (χ2n) is 3.24. The summed E-state index contributed by atoms with van der Waals surface area (Å²) in [5.41, 5.74) is 2.58. The van der Waals surface area contributed by atoms with Gasteiger partial charge in [0.1, 0.15) is 0 Å². The van der Waals surface area contributed by atoms with E-state index < -0.39 is 0 Å². The molecular weight excluding hydrogens is 158 g/mol. The van der Waals surface area contributed by atoms with Gasteiger partial charge in [-0.15, -0.1) is 6.58 Å². The number of benzene rings is 1. The van der Waals surface area contributed by atoms with E-state index in [1.807, 2.05) is 6.08 Å². The van der Waals surface area contributed by atoms with Crippen molar-refractivity contribution < 1.29 is 0 Å². The van der Waals surface area contributed by atoms with Crippen LogP contribution < -0.4 is 0 Å². The molecule has 2 rings (SSSR count). The highest BCUT2D eigenvalue weighted by molar-refractivity contribution is 5.81. The Morgan fingerprint density at radius 2 is 2.15 bits per heavy atom. The summed E-state index contributed by atoms with van der Waals surface area (Å²) < 4.78 is 2.27. The zero-order valence-electron chi connectivity index (χ0n) is 7.83. The van der Waals surface area contributed by atoms with Crippen LogP contribution in [0.15, 0.2) is 43.0 Å². The summed E-state index contributed by atoms with van der Waals surface area (Å²) in [4.78, 5) is 0. The van der Waals surface area contributed by atoms with Crippen molar-refractivity contribution in [2.45, 2.75) is 13.5 Å². The van der Waals surface area contributed by atoms with Crippen LogP contribution in [0.1, 0.15) is 5.69 Å². The zero-order chi connectivity index (χ0) is 9.26. The molecule has 0 amide bonds. The summed E-state index contributed by atoms with van der Waals surface area (Å²) >= 11 is 0. The van der Waals surface area contributed by atoms with E-state index >= 15 is 0 Å². The predicted octanol–water partition coefficient (Wildman–Crippen LogP) is 3.14. The van der Waals surface area contributed by atoms with E-state index in [4.69, 9.17) is 0 Å². The zero-order valence-corrected chi connectivity index (χ0v) is 7.83. The number of allylic oxidation sites excluding steroid dienone is 1. The third kappa shape index (κ3) is 1.26. The minimum Gasteiger partial charge on any atom is -0.341 e.